The summed E-state index contributed by atoms with van der Waals surface area (Å²) in [4.78, 5) is 0. The van der Waals surface area contributed by atoms with E-state index in [0.717, 1.165) is 12.0 Å². The van der Waals surface area contributed by atoms with Crippen molar-refractivity contribution in [3.8, 4) is 0 Å². The molecule has 2 unspecified atom stereocenters. The molecule has 0 radical (unpaired) electrons. The van der Waals surface area contributed by atoms with Crippen LogP contribution >= 0.6 is 0 Å². The van der Waals surface area contributed by atoms with Gasteiger partial charge < -0.3 is 5.32 Å². The van der Waals surface area contributed by atoms with Crippen LogP contribution in [0.1, 0.15) is 38.3 Å². The van der Waals surface area contributed by atoms with Crippen molar-refractivity contribution in [2.45, 2.75) is 52.0 Å². The Labute approximate surface area is 139 Å². The van der Waals surface area contributed by atoms with Gasteiger partial charge in [0, 0.05) is 25.7 Å². The van der Waals surface area contributed by atoms with Crippen molar-refractivity contribution in [1.82, 2.24) is 9.62 Å². The normalized spacial score (nSPS) is 23.4. The summed E-state index contributed by atoms with van der Waals surface area (Å²) in [7, 11) is -3.18. The number of halogens is 1. The number of sulfonamides is 1. The highest BCUT2D eigenvalue weighted by Gasteiger charge is 2.33. The molecule has 4 nitrogen and oxygen atoms in total. The molecule has 1 saturated heterocycles. The highest BCUT2D eigenvalue weighted by Crippen LogP contribution is 2.22. The van der Waals surface area contributed by atoms with E-state index in [4.69, 9.17) is 0 Å². The molecule has 0 saturated carbocycles. The van der Waals surface area contributed by atoms with Crippen LogP contribution < -0.4 is 5.32 Å². The second kappa shape index (κ2) is 7.28. The molecule has 1 aliphatic rings. The van der Waals surface area contributed by atoms with Crippen LogP contribution in [0.3, 0.4) is 0 Å². The Bertz CT molecular complexity index is 646. The van der Waals surface area contributed by atoms with E-state index in [0.29, 0.717) is 25.2 Å². The predicted molar refractivity (Wildman–Crippen MR) is 91.2 cm³/mol. The molecule has 0 aromatic heterocycles. The van der Waals surface area contributed by atoms with Crippen molar-refractivity contribution in [2.75, 3.05) is 13.1 Å². The number of hydrogen-bond donors (Lipinski definition) is 1. The van der Waals surface area contributed by atoms with Crippen molar-refractivity contribution in [1.29, 1.82) is 0 Å². The smallest absolute Gasteiger partial charge is 0.216 e. The minimum absolute atomic E-state index is 0.185. The van der Waals surface area contributed by atoms with Gasteiger partial charge >= 0.3 is 0 Å². The first-order valence-electron chi connectivity index (χ1n) is 8.19. The van der Waals surface area contributed by atoms with Crippen molar-refractivity contribution < 1.29 is 12.8 Å². The van der Waals surface area contributed by atoms with Gasteiger partial charge in [0.2, 0.25) is 10.0 Å². The largest absolute Gasteiger partial charge is 0.310 e. The van der Waals surface area contributed by atoms with Gasteiger partial charge in [-0.15, -0.1) is 0 Å². The van der Waals surface area contributed by atoms with Gasteiger partial charge in [-0.3, -0.25) is 0 Å². The highest BCUT2D eigenvalue weighted by atomic mass is 32.2. The average Bonchev–Trinajstić information content (AvgIpc) is 2.49. The fraction of sp³-hybridized carbons (Fsp3) is 0.647. The molecule has 0 spiro atoms. The molecule has 0 aliphatic carbocycles. The lowest BCUT2D eigenvalue weighted by molar-refractivity contribution is 0.218. The van der Waals surface area contributed by atoms with E-state index in [-0.39, 0.29) is 23.0 Å². The van der Waals surface area contributed by atoms with E-state index >= 15 is 0 Å². The molecule has 1 N–H and O–H groups in total. The minimum Gasteiger partial charge on any atom is -0.310 e. The molecule has 1 aliphatic heterocycles. The van der Waals surface area contributed by atoms with Gasteiger partial charge in [-0.2, -0.15) is 0 Å². The van der Waals surface area contributed by atoms with E-state index in [9.17, 15) is 12.8 Å². The molecular formula is C17H27FN2O2S. The number of benzene rings is 1. The molecule has 130 valence electrons. The zero-order valence-corrected chi connectivity index (χ0v) is 15.2. The van der Waals surface area contributed by atoms with Crippen molar-refractivity contribution >= 4 is 10.0 Å². The summed E-state index contributed by atoms with van der Waals surface area (Å²) in [5.74, 6) is 0.0442. The molecule has 2 rings (SSSR count). The Morgan fingerprint density at radius 2 is 2.09 bits per heavy atom. The lowest BCUT2D eigenvalue weighted by Gasteiger charge is -2.37. The van der Waals surface area contributed by atoms with Crippen LogP contribution in [0.5, 0.6) is 0 Å². The maximum atomic E-state index is 13.6. The standard InChI is InChI=1S/C17H27FN2O2S/c1-12(2)23(21,22)20-8-7-17(14(4)11-20)19-10-15-6-5-13(3)16(18)9-15/h5-6,9,12,14,17,19H,7-8,10-11H2,1-4H3. The SMILES string of the molecule is Cc1ccc(CNC2CCN(S(=O)(=O)C(C)C)CC2C)cc1F. The van der Waals surface area contributed by atoms with Crippen LogP contribution in [-0.2, 0) is 16.6 Å². The van der Waals surface area contributed by atoms with Crippen molar-refractivity contribution in [3.05, 3.63) is 35.1 Å². The Hall–Kier alpha value is -0.980. The molecule has 0 amide bonds. The molecule has 1 fully saturated rings. The fourth-order valence-corrected chi connectivity index (χ4v) is 4.33. The summed E-state index contributed by atoms with van der Waals surface area (Å²) in [6.45, 7) is 8.94. The molecule has 1 heterocycles. The average molecular weight is 342 g/mol. The zero-order valence-electron chi connectivity index (χ0n) is 14.3. The zero-order chi connectivity index (χ0) is 17.2. The van der Waals surface area contributed by atoms with E-state index < -0.39 is 10.0 Å². The van der Waals surface area contributed by atoms with Gasteiger partial charge in [0.05, 0.1) is 5.25 Å². The van der Waals surface area contributed by atoms with Crippen molar-refractivity contribution in [3.63, 3.8) is 0 Å². The summed E-state index contributed by atoms with van der Waals surface area (Å²) in [5.41, 5.74) is 1.56. The van der Waals surface area contributed by atoms with Crippen LogP contribution in [0, 0.1) is 18.7 Å². The molecule has 6 heteroatoms. The Morgan fingerprint density at radius 1 is 1.39 bits per heavy atom. The lowest BCUT2D eigenvalue weighted by Crippen LogP contribution is -2.51. The van der Waals surface area contributed by atoms with Crippen LogP contribution in [0.4, 0.5) is 4.39 Å². The minimum atomic E-state index is -3.18. The first-order valence-corrected chi connectivity index (χ1v) is 9.69. The summed E-state index contributed by atoms with van der Waals surface area (Å²) in [6.07, 6.45) is 0.779. The maximum Gasteiger partial charge on any atom is 0.216 e. The van der Waals surface area contributed by atoms with Gasteiger partial charge in [-0.25, -0.2) is 17.1 Å². The molecule has 1 aromatic carbocycles. The number of aryl methyl sites for hydroxylation is 1. The van der Waals surface area contributed by atoms with Crippen molar-refractivity contribution in [2.24, 2.45) is 5.92 Å². The van der Waals surface area contributed by atoms with Crippen LogP contribution in [0.2, 0.25) is 0 Å². The maximum absolute atomic E-state index is 13.6. The lowest BCUT2D eigenvalue weighted by atomic mass is 9.95. The summed E-state index contributed by atoms with van der Waals surface area (Å²) in [5, 5.41) is 3.07. The Balaban J connectivity index is 1.93. The third kappa shape index (κ3) is 4.31. The molecular weight excluding hydrogens is 315 g/mol. The Kier molecular flexibility index (Phi) is 5.81. The first kappa shape index (κ1) is 18.4. The monoisotopic (exact) mass is 342 g/mol. The topological polar surface area (TPSA) is 49.4 Å². The highest BCUT2D eigenvalue weighted by molar-refractivity contribution is 7.89. The van der Waals surface area contributed by atoms with Gasteiger partial charge in [0.15, 0.2) is 0 Å². The summed E-state index contributed by atoms with van der Waals surface area (Å²) < 4.78 is 39.7. The second-order valence-electron chi connectivity index (χ2n) is 6.79. The number of nitrogens with one attached hydrogen (secondary N) is 1. The number of piperidine rings is 1. The van der Waals surface area contributed by atoms with E-state index in [1.54, 1.807) is 37.2 Å². The van der Waals surface area contributed by atoms with Crippen LogP contribution in [-0.4, -0.2) is 37.1 Å². The third-order valence-electron chi connectivity index (χ3n) is 4.63. The predicted octanol–water partition coefficient (Wildman–Crippen LogP) is 2.67. The summed E-state index contributed by atoms with van der Waals surface area (Å²) >= 11 is 0. The van der Waals surface area contributed by atoms with Crippen LogP contribution in [0.15, 0.2) is 18.2 Å². The number of rotatable bonds is 5. The van der Waals surface area contributed by atoms with Gasteiger partial charge in [0.25, 0.3) is 0 Å². The number of nitrogens with zero attached hydrogens (tertiary/aromatic N) is 1. The molecule has 0 bridgehead atoms. The fourth-order valence-electron chi connectivity index (χ4n) is 2.94. The van der Waals surface area contributed by atoms with Gasteiger partial charge in [0.1, 0.15) is 5.82 Å². The van der Waals surface area contributed by atoms with Crippen LogP contribution in [0.25, 0.3) is 0 Å². The van der Waals surface area contributed by atoms with E-state index in [1.807, 2.05) is 6.07 Å². The quantitative estimate of drug-likeness (QED) is 0.895. The summed E-state index contributed by atoms with van der Waals surface area (Å²) in [6, 6.07) is 5.52. The van der Waals surface area contributed by atoms with Gasteiger partial charge in [-0.1, -0.05) is 19.1 Å². The second-order valence-corrected chi connectivity index (χ2v) is 9.28. The Morgan fingerprint density at radius 3 is 2.65 bits per heavy atom. The molecule has 23 heavy (non-hydrogen) atoms. The van der Waals surface area contributed by atoms with E-state index in [2.05, 4.69) is 12.2 Å². The first-order chi connectivity index (χ1) is 10.7. The molecule has 2 atom stereocenters. The molecule has 1 aromatic rings. The van der Waals surface area contributed by atoms with Gasteiger partial charge in [-0.05, 0) is 50.3 Å². The van der Waals surface area contributed by atoms with E-state index in [1.165, 1.54) is 0 Å². The third-order valence-corrected chi connectivity index (χ3v) is 6.87. The number of hydrogen-bond acceptors (Lipinski definition) is 3.